The SMILES string of the molecule is COc1c(C2C(OC(C)=O)OC(C)(C(F)(F)F)C2C)ccc(OC(C)=O)c1F. The highest BCUT2D eigenvalue weighted by Crippen LogP contribution is 2.55. The summed E-state index contributed by atoms with van der Waals surface area (Å²) < 4.78 is 75.4. The summed E-state index contributed by atoms with van der Waals surface area (Å²) in [5, 5.41) is 0. The third-order valence-electron chi connectivity index (χ3n) is 4.82. The predicted octanol–water partition coefficient (Wildman–Crippen LogP) is 3.72. The van der Waals surface area contributed by atoms with Gasteiger partial charge in [-0.3, -0.25) is 9.59 Å². The second-order valence-corrected chi connectivity index (χ2v) is 6.61. The minimum Gasteiger partial charge on any atom is -0.493 e. The third kappa shape index (κ3) is 3.78. The quantitative estimate of drug-likeness (QED) is 0.430. The Balaban J connectivity index is 2.60. The summed E-state index contributed by atoms with van der Waals surface area (Å²) in [7, 11) is 1.11. The molecule has 0 radical (unpaired) electrons. The van der Waals surface area contributed by atoms with E-state index in [0.29, 0.717) is 0 Å². The number of hydrogen-bond donors (Lipinski definition) is 0. The summed E-state index contributed by atoms with van der Waals surface area (Å²) in [6, 6.07) is 2.35. The van der Waals surface area contributed by atoms with Crippen molar-refractivity contribution >= 4 is 11.9 Å². The molecule has 0 aromatic heterocycles. The van der Waals surface area contributed by atoms with Gasteiger partial charge in [0.2, 0.25) is 12.1 Å². The first-order valence-corrected chi connectivity index (χ1v) is 8.30. The monoisotopic (exact) mass is 408 g/mol. The minimum atomic E-state index is -4.77. The number of benzene rings is 1. The van der Waals surface area contributed by atoms with E-state index in [0.717, 1.165) is 33.9 Å². The van der Waals surface area contributed by atoms with Crippen LogP contribution in [0.1, 0.15) is 39.2 Å². The van der Waals surface area contributed by atoms with E-state index in [9.17, 15) is 27.2 Å². The maximum atomic E-state index is 14.7. The van der Waals surface area contributed by atoms with Crippen LogP contribution in [-0.2, 0) is 19.1 Å². The molecule has 6 nitrogen and oxygen atoms in total. The molecule has 1 aromatic rings. The van der Waals surface area contributed by atoms with E-state index in [-0.39, 0.29) is 5.56 Å². The Kier molecular flexibility index (Phi) is 5.93. The Hall–Kier alpha value is -2.36. The van der Waals surface area contributed by atoms with Crippen molar-refractivity contribution in [2.45, 2.75) is 51.7 Å². The molecule has 4 unspecified atom stereocenters. The van der Waals surface area contributed by atoms with Crippen molar-refractivity contribution in [3.8, 4) is 11.5 Å². The first-order chi connectivity index (χ1) is 12.8. The lowest BCUT2D eigenvalue weighted by Crippen LogP contribution is -2.47. The van der Waals surface area contributed by atoms with Crippen molar-refractivity contribution in [1.29, 1.82) is 0 Å². The first kappa shape index (κ1) is 21.9. The van der Waals surface area contributed by atoms with Gasteiger partial charge in [0.05, 0.1) is 13.0 Å². The van der Waals surface area contributed by atoms with Crippen molar-refractivity contribution < 1.29 is 46.1 Å². The normalized spacial score (nSPS) is 27.4. The molecule has 4 atom stereocenters. The van der Waals surface area contributed by atoms with Gasteiger partial charge in [-0.1, -0.05) is 13.0 Å². The summed E-state index contributed by atoms with van der Waals surface area (Å²) in [6.45, 7) is 4.19. The smallest absolute Gasteiger partial charge is 0.417 e. The summed E-state index contributed by atoms with van der Waals surface area (Å²) in [4.78, 5) is 22.5. The van der Waals surface area contributed by atoms with Crippen LogP contribution in [0.5, 0.6) is 11.5 Å². The van der Waals surface area contributed by atoms with Gasteiger partial charge in [-0.05, 0) is 13.0 Å². The van der Waals surface area contributed by atoms with E-state index in [1.165, 1.54) is 13.0 Å². The van der Waals surface area contributed by atoms with Crippen LogP contribution in [0.2, 0.25) is 0 Å². The average Bonchev–Trinajstić information content (AvgIpc) is 2.80. The Morgan fingerprint density at radius 3 is 2.25 bits per heavy atom. The average molecular weight is 408 g/mol. The van der Waals surface area contributed by atoms with Crippen molar-refractivity contribution in [2.24, 2.45) is 5.92 Å². The second kappa shape index (κ2) is 7.57. The van der Waals surface area contributed by atoms with E-state index in [1.807, 2.05) is 0 Å². The van der Waals surface area contributed by atoms with E-state index >= 15 is 0 Å². The fourth-order valence-electron chi connectivity index (χ4n) is 3.26. The predicted molar refractivity (Wildman–Crippen MR) is 87.3 cm³/mol. The van der Waals surface area contributed by atoms with Crippen LogP contribution in [0, 0.1) is 11.7 Å². The number of halogens is 4. The van der Waals surface area contributed by atoms with Gasteiger partial charge in [-0.15, -0.1) is 0 Å². The molecule has 1 aliphatic heterocycles. The molecule has 156 valence electrons. The molecule has 1 aromatic carbocycles. The highest BCUT2D eigenvalue weighted by atomic mass is 19.4. The van der Waals surface area contributed by atoms with Gasteiger partial charge in [0.1, 0.15) is 0 Å². The molecule has 0 amide bonds. The molecule has 0 spiro atoms. The molecular formula is C18H20F4O6. The van der Waals surface area contributed by atoms with E-state index < -0.39 is 59.2 Å². The highest BCUT2D eigenvalue weighted by molar-refractivity contribution is 5.70. The van der Waals surface area contributed by atoms with Gasteiger partial charge in [0, 0.05) is 25.3 Å². The highest BCUT2D eigenvalue weighted by Gasteiger charge is 2.65. The fourth-order valence-corrected chi connectivity index (χ4v) is 3.26. The molecule has 1 aliphatic rings. The van der Waals surface area contributed by atoms with Crippen LogP contribution in [0.25, 0.3) is 0 Å². The van der Waals surface area contributed by atoms with Crippen LogP contribution >= 0.6 is 0 Å². The van der Waals surface area contributed by atoms with Crippen LogP contribution < -0.4 is 9.47 Å². The molecule has 0 saturated carbocycles. The molecule has 1 saturated heterocycles. The third-order valence-corrected chi connectivity index (χ3v) is 4.82. The van der Waals surface area contributed by atoms with Crippen molar-refractivity contribution in [1.82, 2.24) is 0 Å². The Bertz CT molecular complexity index is 778. The summed E-state index contributed by atoms with van der Waals surface area (Å²) in [5.41, 5.74) is -2.66. The number of hydrogen-bond acceptors (Lipinski definition) is 6. The zero-order valence-electron chi connectivity index (χ0n) is 15.8. The zero-order valence-corrected chi connectivity index (χ0v) is 15.8. The number of carbonyl (C=O) groups excluding carboxylic acids is 2. The Labute approximate surface area is 158 Å². The van der Waals surface area contributed by atoms with Gasteiger partial charge in [-0.25, -0.2) is 0 Å². The number of ether oxygens (including phenoxy) is 4. The Morgan fingerprint density at radius 1 is 1.18 bits per heavy atom. The van der Waals surface area contributed by atoms with Crippen molar-refractivity contribution in [2.75, 3.05) is 7.11 Å². The van der Waals surface area contributed by atoms with Gasteiger partial charge in [0.15, 0.2) is 17.1 Å². The molecule has 28 heavy (non-hydrogen) atoms. The molecule has 0 bridgehead atoms. The van der Waals surface area contributed by atoms with Gasteiger partial charge in [-0.2, -0.15) is 17.6 Å². The van der Waals surface area contributed by atoms with Gasteiger partial charge < -0.3 is 18.9 Å². The van der Waals surface area contributed by atoms with Crippen molar-refractivity contribution in [3.05, 3.63) is 23.5 Å². The standard InChI is InChI=1S/C18H20F4O6/c1-8-13(16(27-10(3)24)28-17(8,4)18(20,21)22)11-6-7-12(26-9(2)23)14(19)15(11)25-5/h6-8,13,16H,1-5H3. The van der Waals surface area contributed by atoms with E-state index in [4.69, 9.17) is 18.9 Å². The number of carbonyl (C=O) groups is 2. The molecule has 1 fully saturated rings. The number of rotatable bonds is 4. The largest absolute Gasteiger partial charge is 0.493 e. The number of esters is 2. The zero-order chi connectivity index (χ0) is 21.4. The van der Waals surface area contributed by atoms with Gasteiger partial charge in [0.25, 0.3) is 0 Å². The van der Waals surface area contributed by atoms with Crippen LogP contribution in [0.3, 0.4) is 0 Å². The molecule has 0 N–H and O–H groups in total. The van der Waals surface area contributed by atoms with E-state index in [2.05, 4.69) is 0 Å². The van der Waals surface area contributed by atoms with Crippen LogP contribution in [0.4, 0.5) is 17.6 Å². The molecule has 0 aliphatic carbocycles. The molecule has 10 heteroatoms. The maximum absolute atomic E-state index is 14.7. The molecular weight excluding hydrogens is 388 g/mol. The summed E-state index contributed by atoms with van der Waals surface area (Å²) in [5.74, 6) is -6.02. The second-order valence-electron chi connectivity index (χ2n) is 6.61. The van der Waals surface area contributed by atoms with Gasteiger partial charge >= 0.3 is 18.1 Å². The van der Waals surface area contributed by atoms with Crippen LogP contribution in [-0.4, -0.2) is 37.1 Å². The fraction of sp³-hybridized carbons (Fsp3) is 0.556. The van der Waals surface area contributed by atoms with Crippen molar-refractivity contribution in [3.63, 3.8) is 0 Å². The lowest BCUT2D eigenvalue weighted by Gasteiger charge is -2.31. The van der Waals surface area contributed by atoms with E-state index in [1.54, 1.807) is 0 Å². The summed E-state index contributed by atoms with van der Waals surface area (Å²) >= 11 is 0. The number of methoxy groups -OCH3 is 1. The summed E-state index contributed by atoms with van der Waals surface area (Å²) in [6.07, 6.45) is -6.39. The Morgan fingerprint density at radius 2 is 1.79 bits per heavy atom. The molecule has 1 heterocycles. The maximum Gasteiger partial charge on any atom is 0.417 e. The van der Waals surface area contributed by atoms with Crippen LogP contribution in [0.15, 0.2) is 12.1 Å². The lowest BCUT2D eigenvalue weighted by atomic mass is 9.79. The number of alkyl halides is 3. The topological polar surface area (TPSA) is 71.1 Å². The lowest BCUT2D eigenvalue weighted by molar-refractivity contribution is -0.293. The molecule has 2 rings (SSSR count). The first-order valence-electron chi connectivity index (χ1n) is 8.30. The minimum absolute atomic E-state index is 0.0115.